The molecule has 1 heterocycles. The lowest BCUT2D eigenvalue weighted by Gasteiger charge is -2.02. The number of nitrogens with one attached hydrogen (secondary N) is 2. The first-order valence-corrected chi connectivity index (χ1v) is 4.83. The summed E-state index contributed by atoms with van der Waals surface area (Å²) in [5.41, 5.74) is 5.59. The zero-order chi connectivity index (χ0) is 12.4. The van der Waals surface area contributed by atoms with Crippen molar-refractivity contribution in [2.24, 2.45) is 0 Å². The van der Waals surface area contributed by atoms with E-state index in [0.717, 1.165) is 0 Å². The molecule has 0 saturated carbocycles. The fraction of sp³-hybridized carbons (Fsp3) is 0. The van der Waals surface area contributed by atoms with Gasteiger partial charge in [0.2, 0.25) is 11.9 Å². The lowest BCUT2D eigenvalue weighted by molar-refractivity contribution is -0.384. The van der Waals surface area contributed by atoms with Crippen LogP contribution in [0.5, 0.6) is 0 Å². The van der Waals surface area contributed by atoms with E-state index in [1.54, 1.807) is 6.07 Å². The maximum atomic E-state index is 10.7. The smallest absolute Gasteiger partial charge is 0.289 e. The van der Waals surface area contributed by atoms with E-state index >= 15 is 0 Å². The Bertz CT molecular complexity index is 569. The summed E-state index contributed by atoms with van der Waals surface area (Å²) in [4.78, 5) is 13.9. The first kappa shape index (κ1) is 11.1. The molecule has 0 radical (unpaired) electrons. The molecule has 17 heavy (non-hydrogen) atoms. The number of nitro benzene ring substituents is 1. The van der Waals surface area contributed by atoms with Crippen LogP contribution in [-0.2, 0) is 0 Å². The number of nitrogens with zero attached hydrogens (tertiary/aromatic N) is 3. The van der Waals surface area contributed by atoms with E-state index in [9.17, 15) is 10.1 Å². The highest BCUT2D eigenvalue weighted by molar-refractivity contribution is 6.32. The molecular weight excluding hydrogens is 248 g/mol. The van der Waals surface area contributed by atoms with Crippen LogP contribution >= 0.6 is 11.6 Å². The average Bonchev–Trinajstić information content (AvgIpc) is 2.66. The van der Waals surface area contributed by atoms with E-state index in [1.165, 1.54) is 12.1 Å². The molecule has 0 atom stereocenters. The number of benzene rings is 1. The van der Waals surface area contributed by atoms with Crippen molar-refractivity contribution >= 4 is 34.9 Å². The Hall–Kier alpha value is -2.35. The Morgan fingerprint density at radius 1 is 1.53 bits per heavy atom. The van der Waals surface area contributed by atoms with Gasteiger partial charge < -0.3 is 11.1 Å². The van der Waals surface area contributed by atoms with Crippen molar-refractivity contribution < 1.29 is 4.92 Å². The Morgan fingerprint density at radius 2 is 2.29 bits per heavy atom. The lowest BCUT2D eigenvalue weighted by Crippen LogP contribution is -1.95. The number of aromatic amines is 1. The number of nitro groups is 1. The topological polar surface area (TPSA) is 123 Å². The van der Waals surface area contributed by atoms with E-state index in [2.05, 4.69) is 20.5 Å². The van der Waals surface area contributed by atoms with E-state index in [-0.39, 0.29) is 22.6 Å². The summed E-state index contributed by atoms with van der Waals surface area (Å²) in [5.74, 6) is 0.370. The molecule has 1 aromatic carbocycles. The fourth-order valence-electron chi connectivity index (χ4n) is 1.19. The van der Waals surface area contributed by atoms with Crippen LogP contribution in [0.1, 0.15) is 0 Å². The summed E-state index contributed by atoms with van der Waals surface area (Å²) >= 11 is 5.67. The molecule has 0 aliphatic rings. The molecular formula is C8H7ClN6O2. The van der Waals surface area contributed by atoms with E-state index in [0.29, 0.717) is 5.69 Å². The molecule has 88 valence electrons. The van der Waals surface area contributed by atoms with Gasteiger partial charge in [-0.25, -0.2) is 5.10 Å². The van der Waals surface area contributed by atoms with Crippen LogP contribution in [-0.4, -0.2) is 20.1 Å². The van der Waals surface area contributed by atoms with Gasteiger partial charge in [0, 0.05) is 11.8 Å². The van der Waals surface area contributed by atoms with Gasteiger partial charge in [-0.05, 0) is 12.1 Å². The van der Waals surface area contributed by atoms with Gasteiger partial charge in [0.15, 0.2) is 0 Å². The van der Waals surface area contributed by atoms with Gasteiger partial charge in [-0.15, -0.1) is 5.10 Å². The Balaban J connectivity index is 2.28. The van der Waals surface area contributed by atoms with Crippen molar-refractivity contribution in [3.63, 3.8) is 0 Å². The number of nitrogen functional groups attached to an aromatic ring is 1. The molecule has 2 aromatic rings. The first-order valence-electron chi connectivity index (χ1n) is 4.45. The standard InChI is InChI=1S/C8H7ClN6O2/c9-5-2-1-4(3-6(5)15(16)17)11-8-12-7(10)13-14-8/h1-3H,(H4,10,11,12,13,14). The summed E-state index contributed by atoms with van der Waals surface area (Å²) in [5, 5.41) is 19.6. The van der Waals surface area contributed by atoms with Gasteiger partial charge in [0.1, 0.15) is 5.02 Å². The molecule has 0 unspecified atom stereocenters. The second kappa shape index (κ2) is 4.26. The summed E-state index contributed by atoms with van der Waals surface area (Å²) in [7, 11) is 0. The van der Waals surface area contributed by atoms with Gasteiger partial charge >= 0.3 is 0 Å². The molecule has 2 rings (SSSR count). The van der Waals surface area contributed by atoms with Crippen molar-refractivity contribution in [2.75, 3.05) is 11.1 Å². The third kappa shape index (κ3) is 2.42. The van der Waals surface area contributed by atoms with E-state index < -0.39 is 4.92 Å². The fourth-order valence-corrected chi connectivity index (χ4v) is 1.38. The van der Waals surface area contributed by atoms with Gasteiger partial charge in [0.25, 0.3) is 5.69 Å². The maximum Gasteiger partial charge on any atom is 0.289 e. The Morgan fingerprint density at radius 3 is 2.88 bits per heavy atom. The normalized spacial score (nSPS) is 10.2. The average molecular weight is 255 g/mol. The molecule has 0 bridgehead atoms. The molecule has 0 saturated heterocycles. The lowest BCUT2D eigenvalue weighted by atomic mass is 10.3. The minimum Gasteiger partial charge on any atom is -0.368 e. The molecule has 9 heteroatoms. The van der Waals surface area contributed by atoms with Crippen molar-refractivity contribution in [2.45, 2.75) is 0 Å². The number of H-pyrrole nitrogens is 1. The number of halogens is 1. The zero-order valence-electron chi connectivity index (χ0n) is 8.35. The van der Waals surface area contributed by atoms with Crippen LogP contribution in [0, 0.1) is 10.1 Å². The zero-order valence-corrected chi connectivity index (χ0v) is 9.10. The van der Waals surface area contributed by atoms with Crippen molar-refractivity contribution in [1.29, 1.82) is 0 Å². The number of hydrogen-bond donors (Lipinski definition) is 3. The third-order valence-electron chi connectivity index (χ3n) is 1.90. The summed E-state index contributed by atoms with van der Waals surface area (Å²) in [6.07, 6.45) is 0. The highest BCUT2D eigenvalue weighted by Crippen LogP contribution is 2.28. The summed E-state index contributed by atoms with van der Waals surface area (Å²) < 4.78 is 0. The minimum atomic E-state index is -0.570. The van der Waals surface area contributed by atoms with Crippen LogP contribution in [0.15, 0.2) is 18.2 Å². The van der Waals surface area contributed by atoms with Crippen molar-refractivity contribution in [3.05, 3.63) is 33.3 Å². The van der Waals surface area contributed by atoms with E-state index in [1.807, 2.05) is 0 Å². The summed E-state index contributed by atoms with van der Waals surface area (Å²) in [6.45, 7) is 0. The first-order chi connectivity index (χ1) is 8.06. The number of anilines is 3. The van der Waals surface area contributed by atoms with Crippen molar-refractivity contribution in [3.8, 4) is 0 Å². The molecule has 0 spiro atoms. The van der Waals surface area contributed by atoms with Gasteiger partial charge in [-0.1, -0.05) is 11.6 Å². The molecule has 0 aliphatic heterocycles. The van der Waals surface area contributed by atoms with Crippen LogP contribution in [0.25, 0.3) is 0 Å². The predicted octanol–water partition coefficient (Wildman–Crippen LogP) is 1.69. The largest absolute Gasteiger partial charge is 0.368 e. The number of rotatable bonds is 3. The second-order valence-electron chi connectivity index (χ2n) is 3.09. The number of nitrogens with two attached hydrogens (primary N) is 1. The van der Waals surface area contributed by atoms with Crippen LogP contribution < -0.4 is 11.1 Å². The summed E-state index contributed by atoms with van der Waals surface area (Å²) in [6, 6.07) is 4.27. The van der Waals surface area contributed by atoms with Crippen LogP contribution in [0.3, 0.4) is 0 Å². The minimum absolute atomic E-state index is 0.0649. The van der Waals surface area contributed by atoms with Gasteiger partial charge in [-0.2, -0.15) is 4.98 Å². The quantitative estimate of drug-likeness (QED) is 0.566. The molecule has 8 nitrogen and oxygen atoms in total. The van der Waals surface area contributed by atoms with Crippen LogP contribution in [0.2, 0.25) is 5.02 Å². The molecule has 0 amide bonds. The Kier molecular flexibility index (Phi) is 2.79. The van der Waals surface area contributed by atoms with Crippen LogP contribution in [0.4, 0.5) is 23.3 Å². The van der Waals surface area contributed by atoms with E-state index in [4.69, 9.17) is 17.3 Å². The van der Waals surface area contributed by atoms with Gasteiger partial charge in [-0.3, -0.25) is 10.1 Å². The van der Waals surface area contributed by atoms with Gasteiger partial charge in [0.05, 0.1) is 4.92 Å². The highest BCUT2D eigenvalue weighted by atomic mass is 35.5. The molecule has 1 aromatic heterocycles. The SMILES string of the molecule is Nc1nc(Nc2ccc(Cl)c([N+](=O)[O-])c2)n[nH]1. The molecule has 0 aliphatic carbocycles. The highest BCUT2D eigenvalue weighted by Gasteiger charge is 2.13. The predicted molar refractivity (Wildman–Crippen MR) is 62.2 cm³/mol. The van der Waals surface area contributed by atoms with Crippen molar-refractivity contribution in [1.82, 2.24) is 15.2 Å². The number of aromatic nitrogens is 3. The second-order valence-corrected chi connectivity index (χ2v) is 3.50. The third-order valence-corrected chi connectivity index (χ3v) is 2.22. The monoisotopic (exact) mass is 254 g/mol. The molecule has 0 fully saturated rings. The number of hydrogen-bond acceptors (Lipinski definition) is 6. The maximum absolute atomic E-state index is 10.7. The Labute approximate surface area is 100.0 Å². The molecule has 4 N–H and O–H groups in total.